The number of benzene rings is 2. The van der Waals surface area contributed by atoms with Crippen LogP contribution in [0.2, 0.25) is 0 Å². The van der Waals surface area contributed by atoms with Crippen LogP contribution in [0.15, 0.2) is 48.5 Å². The van der Waals surface area contributed by atoms with E-state index in [1.165, 1.54) is 14.0 Å². The smallest absolute Gasteiger partial charge is 0.408 e. The minimum Gasteiger partial charge on any atom is -0.480 e. The Bertz CT molecular complexity index is 964. The third-order valence-corrected chi connectivity index (χ3v) is 5.41. The number of carboxylic acids is 1. The summed E-state index contributed by atoms with van der Waals surface area (Å²) >= 11 is 0. The van der Waals surface area contributed by atoms with Crippen molar-refractivity contribution < 1.29 is 33.7 Å². The van der Waals surface area contributed by atoms with E-state index in [0.29, 0.717) is 0 Å². The van der Waals surface area contributed by atoms with Crippen LogP contribution < -0.4 is 10.6 Å². The second kappa shape index (κ2) is 10.9. The number of carbonyl (C=O) groups excluding carboxylic acids is 2. The quantitative estimate of drug-likeness (QED) is 0.443. The highest BCUT2D eigenvalue weighted by atomic mass is 16.5. The summed E-state index contributed by atoms with van der Waals surface area (Å²) in [6.45, 7) is 1.20. The summed E-state index contributed by atoms with van der Waals surface area (Å²) in [7, 11) is 1.42. The topological polar surface area (TPSA) is 123 Å². The molecule has 0 aromatic heterocycles. The average molecular weight is 456 g/mol. The predicted molar refractivity (Wildman–Crippen MR) is 120 cm³/mol. The molecule has 0 bridgehead atoms. The average Bonchev–Trinajstić information content (AvgIpc) is 3.11. The highest BCUT2D eigenvalue weighted by Gasteiger charge is 2.36. The molecule has 33 heavy (non-hydrogen) atoms. The molecule has 0 heterocycles. The van der Waals surface area contributed by atoms with E-state index in [2.05, 4.69) is 22.8 Å². The molecule has 3 N–H and O–H groups in total. The van der Waals surface area contributed by atoms with Gasteiger partial charge in [0.1, 0.15) is 18.8 Å². The van der Waals surface area contributed by atoms with Crippen LogP contribution >= 0.6 is 0 Å². The van der Waals surface area contributed by atoms with Crippen molar-refractivity contribution in [2.24, 2.45) is 0 Å². The van der Waals surface area contributed by atoms with Crippen LogP contribution in [0.5, 0.6) is 0 Å². The van der Waals surface area contributed by atoms with Crippen LogP contribution in [0.1, 0.15) is 24.0 Å². The highest BCUT2D eigenvalue weighted by Crippen LogP contribution is 2.44. The van der Waals surface area contributed by atoms with E-state index in [1.54, 1.807) is 0 Å². The third-order valence-electron chi connectivity index (χ3n) is 5.41. The van der Waals surface area contributed by atoms with Crippen LogP contribution in [0.3, 0.4) is 0 Å². The van der Waals surface area contributed by atoms with Crippen molar-refractivity contribution >= 4 is 18.0 Å². The molecule has 1 aliphatic carbocycles. The van der Waals surface area contributed by atoms with E-state index in [9.17, 15) is 14.4 Å². The molecule has 0 radical (unpaired) electrons. The molecule has 0 saturated heterocycles. The normalized spacial score (nSPS) is 14.0. The fourth-order valence-electron chi connectivity index (χ4n) is 3.90. The van der Waals surface area contributed by atoms with E-state index in [1.807, 2.05) is 36.4 Å². The lowest BCUT2D eigenvalue weighted by molar-refractivity contribution is -0.142. The SMILES string of the molecule is COCC(C)(NC(=O)OCC1c2ccccc2-c2ccccc21)C(=O)NCCOCC(=O)O. The third kappa shape index (κ3) is 5.88. The fourth-order valence-corrected chi connectivity index (χ4v) is 3.90. The highest BCUT2D eigenvalue weighted by molar-refractivity contribution is 5.89. The number of aliphatic carboxylic acids is 1. The van der Waals surface area contributed by atoms with Crippen molar-refractivity contribution in [2.45, 2.75) is 18.4 Å². The largest absolute Gasteiger partial charge is 0.480 e. The van der Waals surface area contributed by atoms with E-state index in [-0.39, 0.29) is 32.3 Å². The molecule has 2 amide bonds. The number of nitrogens with one attached hydrogen (secondary N) is 2. The van der Waals surface area contributed by atoms with Gasteiger partial charge in [0.2, 0.25) is 5.91 Å². The molecule has 0 aliphatic heterocycles. The summed E-state index contributed by atoms with van der Waals surface area (Å²) in [5.74, 6) is -1.70. The second-order valence-electron chi connectivity index (χ2n) is 7.92. The Morgan fingerprint density at radius 2 is 1.64 bits per heavy atom. The van der Waals surface area contributed by atoms with Crippen molar-refractivity contribution in [1.29, 1.82) is 0 Å². The van der Waals surface area contributed by atoms with Crippen molar-refractivity contribution in [3.63, 3.8) is 0 Å². The molecule has 9 heteroatoms. The van der Waals surface area contributed by atoms with Gasteiger partial charge in [-0.25, -0.2) is 9.59 Å². The predicted octanol–water partition coefficient (Wildman–Crippen LogP) is 2.15. The van der Waals surface area contributed by atoms with Crippen LogP contribution in [0, 0.1) is 0 Å². The Morgan fingerprint density at radius 3 is 2.21 bits per heavy atom. The Labute approximate surface area is 192 Å². The summed E-state index contributed by atoms with van der Waals surface area (Å²) in [5, 5.41) is 13.8. The molecule has 1 atom stereocenters. The maximum absolute atomic E-state index is 12.6. The number of rotatable bonds is 11. The first-order valence-electron chi connectivity index (χ1n) is 10.6. The van der Waals surface area contributed by atoms with E-state index < -0.39 is 30.1 Å². The van der Waals surface area contributed by atoms with Crippen LogP contribution in [0.4, 0.5) is 4.79 Å². The van der Waals surface area contributed by atoms with Crippen molar-refractivity contribution in [3.8, 4) is 11.1 Å². The Morgan fingerprint density at radius 1 is 1.03 bits per heavy atom. The molecule has 1 aliphatic rings. The number of hydrogen-bond acceptors (Lipinski definition) is 6. The number of alkyl carbamates (subject to hydrolysis) is 1. The molecule has 3 rings (SSSR count). The minimum absolute atomic E-state index is 0.0199. The van der Waals surface area contributed by atoms with Crippen LogP contribution in [-0.4, -0.2) is 68.7 Å². The molecular formula is C24H28N2O7. The van der Waals surface area contributed by atoms with Gasteiger partial charge >= 0.3 is 12.1 Å². The Kier molecular flexibility index (Phi) is 8.02. The van der Waals surface area contributed by atoms with E-state index in [4.69, 9.17) is 19.3 Å². The minimum atomic E-state index is -1.38. The number of carbonyl (C=O) groups is 3. The van der Waals surface area contributed by atoms with Crippen molar-refractivity contribution in [3.05, 3.63) is 59.7 Å². The zero-order chi connectivity index (χ0) is 23.8. The number of hydrogen-bond donors (Lipinski definition) is 3. The first kappa shape index (κ1) is 24.2. The monoisotopic (exact) mass is 456 g/mol. The molecule has 9 nitrogen and oxygen atoms in total. The van der Waals surface area contributed by atoms with E-state index >= 15 is 0 Å². The number of methoxy groups -OCH3 is 1. The van der Waals surface area contributed by atoms with Gasteiger partial charge in [-0.15, -0.1) is 0 Å². The summed E-state index contributed by atoms with van der Waals surface area (Å²) in [6.07, 6.45) is -0.742. The van der Waals surface area contributed by atoms with Gasteiger partial charge in [0.05, 0.1) is 13.2 Å². The lowest BCUT2D eigenvalue weighted by atomic mass is 9.98. The molecule has 0 fully saturated rings. The summed E-state index contributed by atoms with van der Waals surface area (Å²) < 4.78 is 15.5. The van der Waals surface area contributed by atoms with Gasteiger partial charge in [-0.3, -0.25) is 4.79 Å². The molecule has 176 valence electrons. The maximum Gasteiger partial charge on any atom is 0.408 e. The van der Waals surface area contributed by atoms with Gasteiger partial charge in [0.15, 0.2) is 0 Å². The molecular weight excluding hydrogens is 428 g/mol. The Hall–Kier alpha value is -3.43. The summed E-state index contributed by atoms with van der Waals surface area (Å²) in [4.78, 5) is 35.7. The molecule has 2 aromatic carbocycles. The zero-order valence-electron chi connectivity index (χ0n) is 18.6. The zero-order valence-corrected chi connectivity index (χ0v) is 18.6. The second-order valence-corrected chi connectivity index (χ2v) is 7.92. The van der Waals surface area contributed by atoms with Gasteiger partial charge in [-0.05, 0) is 29.2 Å². The van der Waals surface area contributed by atoms with E-state index in [0.717, 1.165) is 22.3 Å². The van der Waals surface area contributed by atoms with Gasteiger partial charge in [0.25, 0.3) is 0 Å². The molecule has 1 unspecified atom stereocenters. The number of carboxylic acid groups (broad SMARTS) is 1. The number of fused-ring (bicyclic) bond motifs is 3. The summed E-state index contributed by atoms with van der Waals surface area (Å²) in [6, 6.07) is 16.0. The summed E-state index contributed by atoms with van der Waals surface area (Å²) in [5.41, 5.74) is 3.03. The van der Waals surface area contributed by atoms with Gasteiger partial charge in [0, 0.05) is 19.6 Å². The fraction of sp³-hybridized carbons (Fsp3) is 0.375. The lowest BCUT2D eigenvalue weighted by Gasteiger charge is -2.28. The molecule has 2 aromatic rings. The molecule has 0 spiro atoms. The number of ether oxygens (including phenoxy) is 3. The number of amides is 2. The molecule has 0 saturated carbocycles. The standard InChI is InChI=1S/C24H28N2O7/c1-24(15-31-2,22(29)25-11-12-32-14-21(27)28)26-23(30)33-13-20-18-9-5-3-7-16(18)17-8-4-6-10-19(17)20/h3-10,20H,11-15H2,1-2H3,(H,25,29)(H,26,30)(H,27,28). The van der Waals surface area contributed by atoms with Gasteiger partial charge < -0.3 is 30.0 Å². The van der Waals surface area contributed by atoms with Crippen molar-refractivity contribution in [1.82, 2.24) is 10.6 Å². The maximum atomic E-state index is 12.6. The first-order chi connectivity index (χ1) is 15.9. The van der Waals surface area contributed by atoms with Crippen LogP contribution in [-0.2, 0) is 23.8 Å². The van der Waals surface area contributed by atoms with Crippen LogP contribution in [0.25, 0.3) is 11.1 Å². The lowest BCUT2D eigenvalue weighted by Crippen LogP contribution is -2.60. The Balaban J connectivity index is 1.59. The van der Waals surface area contributed by atoms with Gasteiger partial charge in [-0.1, -0.05) is 48.5 Å². The van der Waals surface area contributed by atoms with Crippen molar-refractivity contribution in [2.75, 3.05) is 40.1 Å². The first-order valence-corrected chi connectivity index (χ1v) is 10.6. The van der Waals surface area contributed by atoms with Gasteiger partial charge in [-0.2, -0.15) is 0 Å².